The number of fused-ring (bicyclic) bond motifs is 3. The summed E-state index contributed by atoms with van der Waals surface area (Å²) in [5.41, 5.74) is 6.17. The lowest BCUT2D eigenvalue weighted by atomic mass is 9.91. The van der Waals surface area contributed by atoms with Crippen LogP contribution in [0.3, 0.4) is 0 Å². The largest absolute Gasteiger partial charge is 0.508 e. The number of rotatable bonds is 5. The predicted molar refractivity (Wildman–Crippen MR) is 130 cm³/mol. The minimum Gasteiger partial charge on any atom is -0.508 e. The van der Waals surface area contributed by atoms with Gasteiger partial charge in [0, 0.05) is 5.56 Å². The van der Waals surface area contributed by atoms with Gasteiger partial charge < -0.3 is 10.4 Å². The lowest BCUT2D eigenvalue weighted by molar-refractivity contribution is -0.115. The molecular weight excluding hydrogens is 417 g/mol. The molecule has 5 nitrogen and oxygen atoms in total. The molecule has 3 aromatic rings. The molecule has 0 spiro atoms. The van der Waals surface area contributed by atoms with E-state index < -0.39 is 0 Å². The molecule has 0 saturated heterocycles. The van der Waals surface area contributed by atoms with Crippen molar-refractivity contribution < 1.29 is 9.90 Å². The summed E-state index contributed by atoms with van der Waals surface area (Å²) in [7, 11) is 2.77. The van der Waals surface area contributed by atoms with Crippen molar-refractivity contribution in [1.82, 2.24) is 9.97 Å². The highest BCUT2D eigenvalue weighted by Gasteiger charge is 2.25. The summed E-state index contributed by atoms with van der Waals surface area (Å²) < 4.78 is 0. The number of benzene rings is 2. The fourth-order valence-corrected chi connectivity index (χ4v) is 5.20. The highest BCUT2D eigenvalue weighted by Crippen LogP contribution is 2.35. The number of phenols is 1. The first-order valence-electron chi connectivity index (χ1n) is 11.4. The van der Waals surface area contributed by atoms with Crippen LogP contribution in [0.5, 0.6) is 5.75 Å². The van der Waals surface area contributed by atoms with E-state index in [1.807, 2.05) is 0 Å². The van der Waals surface area contributed by atoms with Gasteiger partial charge in [-0.25, -0.2) is 9.97 Å². The second-order valence-corrected chi connectivity index (χ2v) is 9.64. The van der Waals surface area contributed by atoms with Crippen LogP contribution in [0.15, 0.2) is 42.5 Å². The molecular formula is C26H28N3O2P. The van der Waals surface area contributed by atoms with E-state index in [0.29, 0.717) is 11.7 Å². The van der Waals surface area contributed by atoms with E-state index in [2.05, 4.69) is 32.8 Å². The molecule has 0 radical (unpaired) electrons. The number of phenolic OH excluding ortho intramolecular Hbond substituents is 1. The topological polar surface area (TPSA) is 75.1 Å². The van der Waals surface area contributed by atoms with Crippen LogP contribution in [0.2, 0.25) is 0 Å². The summed E-state index contributed by atoms with van der Waals surface area (Å²) in [5.74, 6) is 1.31. The Balaban J connectivity index is 1.46. The van der Waals surface area contributed by atoms with Crippen LogP contribution < -0.4 is 10.6 Å². The van der Waals surface area contributed by atoms with Gasteiger partial charge in [-0.15, -0.1) is 9.24 Å². The Morgan fingerprint density at radius 1 is 1.06 bits per heavy atom. The van der Waals surface area contributed by atoms with E-state index in [0.717, 1.165) is 41.9 Å². The number of amides is 1. The van der Waals surface area contributed by atoms with Crippen LogP contribution in [-0.4, -0.2) is 21.0 Å². The molecule has 1 heterocycles. The van der Waals surface area contributed by atoms with Crippen molar-refractivity contribution in [1.29, 1.82) is 0 Å². The number of nitrogens with zero attached hydrogens (tertiary/aromatic N) is 2. The molecule has 1 atom stereocenters. The lowest BCUT2D eigenvalue weighted by Gasteiger charge is -2.22. The third-order valence-electron chi connectivity index (χ3n) is 6.57. The van der Waals surface area contributed by atoms with E-state index in [1.54, 1.807) is 24.3 Å². The predicted octanol–water partition coefficient (Wildman–Crippen LogP) is 4.36. The van der Waals surface area contributed by atoms with Crippen molar-refractivity contribution in [3.05, 3.63) is 65.0 Å². The Hall–Kier alpha value is -2.78. The molecule has 32 heavy (non-hydrogen) atoms. The van der Waals surface area contributed by atoms with Crippen LogP contribution in [0.1, 0.15) is 48.2 Å². The van der Waals surface area contributed by atoms with Gasteiger partial charge in [-0.3, -0.25) is 4.79 Å². The smallest absolute Gasteiger partial charge is 0.229 e. The van der Waals surface area contributed by atoms with Crippen molar-refractivity contribution in [3.63, 3.8) is 0 Å². The fourth-order valence-electron chi connectivity index (χ4n) is 4.91. The SMILES string of the molecule is O=C(Cc1ccc(O)cc1)Nc1nc2c(nc1CC1CCCC1)-c1ccc(P)cc1CC2. The number of nitrogens with one attached hydrogen (secondary N) is 1. The third-order valence-corrected chi connectivity index (χ3v) is 6.93. The van der Waals surface area contributed by atoms with Gasteiger partial charge in [-0.1, -0.05) is 56.0 Å². The Bertz CT molecular complexity index is 1150. The molecule has 1 unspecified atom stereocenters. The highest BCUT2D eigenvalue weighted by atomic mass is 31.0. The number of hydrogen-bond acceptors (Lipinski definition) is 4. The maximum Gasteiger partial charge on any atom is 0.229 e. The summed E-state index contributed by atoms with van der Waals surface area (Å²) in [6.45, 7) is 0. The van der Waals surface area contributed by atoms with E-state index in [9.17, 15) is 9.90 Å². The normalized spacial score (nSPS) is 15.3. The molecule has 2 N–H and O–H groups in total. The number of aryl methyl sites for hydroxylation is 2. The molecule has 2 aliphatic carbocycles. The molecule has 2 aromatic carbocycles. The molecule has 6 heteroatoms. The Kier molecular flexibility index (Phi) is 5.93. The summed E-state index contributed by atoms with van der Waals surface area (Å²) in [6, 6.07) is 13.2. The highest BCUT2D eigenvalue weighted by molar-refractivity contribution is 7.27. The lowest BCUT2D eigenvalue weighted by Crippen LogP contribution is -2.20. The van der Waals surface area contributed by atoms with Crippen LogP contribution >= 0.6 is 9.24 Å². The zero-order valence-corrected chi connectivity index (χ0v) is 19.3. The van der Waals surface area contributed by atoms with Crippen LogP contribution in [0.4, 0.5) is 5.82 Å². The Morgan fingerprint density at radius 2 is 1.84 bits per heavy atom. The van der Waals surface area contributed by atoms with Gasteiger partial charge in [-0.05, 0) is 53.7 Å². The standard InChI is InChI=1S/C26H28N3O2P/c30-19-8-5-17(6-9-19)14-24(31)29-26-23(13-16-3-1-2-4-16)27-25-21-11-10-20(32)15-18(21)7-12-22(25)28-26/h5-6,8-11,15-16,30H,1-4,7,12-14,32H2,(H,28,29,31). The third kappa shape index (κ3) is 4.54. The number of aromatic nitrogens is 2. The Labute approximate surface area is 190 Å². The number of aromatic hydroxyl groups is 1. The molecule has 1 saturated carbocycles. The maximum absolute atomic E-state index is 12.8. The van der Waals surface area contributed by atoms with Crippen molar-refractivity contribution in [2.75, 3.05) is 5.32 Å². The monoisotopic (exact) mass is 445 g/mol. The molecule has 2 aliphatic rings. The van der Waals surface area contributed by atoms with Crippen LogP contribution in [-0.2, 0) is 30.5 Å². The summed E-state index contributed by atoms with van der Waals surface area (Å²) in [5, 5.41) is 13.7. The molecule has 1 fully saturated rings. The van der Waals surface area contributed by atoms with Crippen LogP contribution in [0, 0.1) is 5.92 Å². The minimum absolute atomic E-state index is 0.110. The van der Waals surface area contributed by atoms with Gasteiger partial charge in [0.1, 0.15) is 5.75 Å². The van der Waals surface area contributed by atoms with Crippen molar-refractivity contribution >= 4 is 26.3 Å². The van der Waals surface area contributed by atoms with Crippen molar-refractivity contribution in [2.45, 2.75) is 51.4 Å². The summed E-state index contributed by atoms with van der Waals surface area (Å²) >= 11 is 0. The van der Waals surface area contributed by atoms with E-state index in [1.165, 1.54) is 42.1 Å². The molecule has 164 valence electrons. The van der Waals surface area contributed by atoms with Gasteiger partial charge in [-0.2, -0.15) is 0 Å². The van der Waals surface area contributed by atoms with Crippen LogP contribution in [0.25, 0.3) is 11.3 Å². The van der Waals surface area contributed by atoms with Crippen molar-refractivity contribution in [3.8, 4) is 17.0 Å². The second kappa shape index (κ2) is 8.99. The van der Waals surface area contributed by atoms with Crippen molar-refractivity contribution in [2.24, 2.45) is 5.92 Å². The number of carbonyl (C=O) groups excluding carboxylic acids is 1. The number of carbonyl (C=O) groups is 1. The molecule has 1 amide bonds. The number of hydrogen-bond donors (Lipinski definition) is 2. The minimum atomic E-state index is -0.110. The maximum atomic E-state index is 12.8. The second-order valence-electron chi connectivity index (χ2n) is 8.98. The quantitative estimate of drug-likeness (QED) is 0.572. The van der Waals surface area contributed by atoms with E-state index >= 15 is 0 Å². The number of anilines is 1. The van der Waals surface area contributed by atoms with Gasteiger partial charge in [0.15, 0.2) is 5.82 Å². The first-order chi connectivity index (χ1) is 15.5. The van der Waals surface area contributed by atoms with E-state index in [-0.39, 0.29) is 18.1 Å². The summed E-state index contributed by atoms with van der Waals surface area (Å²) in [4.78, 5) is 22.9. The first-order valence-corrected chi connectivity index (χ1v) is 12.0. The summed E-state index contributed by atoms with van der Waals surface area (Å²) in [6.07, 6.45) is 7.82. The molecule has 0 bridgehead atoms. The zero-order valence-electron chi connectivity index (χ0n) is 18.1. The molecule has 5 rings (SSSR count). The molecule has 1 aromatic heterocycles. The van der Waals surface area contributed by atoms with Gasteiger partial charge in [0.2, 0.25) is 5.91 Å². The van der Waals surface area contributed by atoms with Gasteiger partial charge >= 0.3 is 0 Å². The Morgan fingerprint density at radius 3 is 2.62 bits per heavy atom. The average molecular weight is 446 g/mol. The molecule has 0 aliphatic heterocycles. The van der Waals surface area contributed by atoms with Gasteiger partial charge in [0.05, 0.1) is 23.5 Å². The fraction of sp³-hybridized carbons (Fsp3) is 0.346. The zero-order chi connectivity index (χ0) is 22.1. The van der Waals surface area contributed by atoms with Gasteiger partial charge in [0.25, 0.3) is 0 Å². The average Bonchev–Trinajstić information content (AvgIpc) is 3.29. The van der Waals surface area contributed by atoms with E-state index in [4.69, 9.17) is 9.97 Å². The first kappa shape index (κ1) is 21.1.